The van der Waals surface area contributed by atoms with Crippen LogP contribution in [0.2, 0.25) is 0 Å². The average Bonchev–Trinajstić information content (AvgIpc) is 3.15. The minimum absolute atomic E-state index is 0. The number of hydrogen-bond donors (Lipinski definition) is 2. The fourth-order valence-electron chi connectivity index (χ4n) is 3.00. The largest absolute Gasteiger partial charge is 0.357 e. The molecule has 3 unspecified atom stereocenters. The number of halogens is 1. The second-order valence-corrected chi connectivity index (χ2v) is 7.89. The van der Waals surface area contributed by atoms with Crippen LogP contribution < -0.4 is 10.6 Å². The number of hydrogen-bond acceptors (Lipinski definition) is 3. The van der Waals surface area contributed by atoms with Gasteiger partial charge in [-0.3, -0.25) is 9.89 Å². The summed E-state index contributed by atoms with van der Waals surface area (Å²) in [6.07, 6.45) is 0. The van der Waals surface area contributed by atoms with Crippen LogP contribution in [-0.2, 0) is 0 Å². The Kier molecular flexibility index (Phi) is 9.59. The molecule has 1 aliphatic rings. The smallest absolute Gasteiger partial charge is 0.191 e. The predicted molar refractivity (Wildman–Crippen MR) is 117 cm³/mol. The molecule has 4 nitrogen and oxygen atoms in total. The lowest BCUT2D eigenvalue weighted by molar-refractivity contribution is 0.265. The lowest BCUT2D eigenvalue weighted by Gasteiger charge is -2.22. The molecular formula is C18H33IN4S. The van der Waals surface area contributed by atoms with E-state index in [0.29, 0.717) is 23.9 Å². The van der Waals surface area contributed by atoms with Crippen LogP contribution in [-0.4, -0.2) is 49.1 Å². The second kappa shape index (κ2) is 10.6. The normalized spacial score (nSPS) is 23.2. The van der Waals surface area contributed by atoms with Gasteiger partial charge in [0.25, 0.3) is 0 Å². The molecule has 2 heterocycles. The van der Waals surface area contributed by atoms with Gasteiger partial charge < -0.3 is 10.6 Å². The van der Waals surface area contributed by atoms with E-state index in [1.165, 1.54) is 11.4 Å². The number of nitrogens with one attached hydrogen (secondary N) is 2. The molecule has 2 N–H and O–H groups in total. The monoisotopic (exact) mass is 464 g/mol. The van der Waals surface area contributed by atoms with Crippen molar-refractivity contribution in [1.82, 2.24) is 15.5 Å². The maximum absolute atomic E-state index is 4.82. The van der Waals surface area contributed by atoms with E-state index in [2.05, 4.69) is 67.7 Å². The number of guanidine groups is 1. The summed E-state index contributed by atoms with van der Waals surface area (Å²) in [5, 5.41) is 9.19. The maximum Gasteiger partial charge on any atom is 0.191 e. The first kappa shape index (κ1) is 21.7. The predicted octanol–water partition coefficient (Wildman–Crippen LogP) is 3.75. The van der Waals surface area contributed by atoms with Gasteiger partial charge in [0.05, 0.1) is 6.54 Å². The molecule has 1 aliphatic heterocycles. The minimum atomic E-state index is 0. The average molecular weight is 464 g/mol. The third-order valence-electron chi connectivity index (χ3n) is 4.59. The van der Waals surface area contributed by atoms with E-state index in [1.807, 2.05) is 11.3 Å². The van der Waals surface area contributed by atoms with E-state index in [-0.39, 0.29) is 24.0 Å². The van der Waals surface area contributed by atoms with Gasteiger partial charge in [-0.05, 0) is 38.1 Å². The van der Waals surface area contributed by atoms with E-state index >= 15 is 0 Å². The summed E-state index contributed by atoms with van der Waals surface area (Å²) >= 11 is 1.82. The summed E-state index contributed by atoms with van der Waals surface area (Å²) in [4.78, 5) is 8.77. The quantitative estimate of drug-likeness (QED) is 0.383. The number of nitrogens with zero attached hydrogens (tertiary/aromatic N) is 2. The number of likely N-dealkylation sites (tertiary alicyclic amines) is 1. The molecule has 0 radical (unpaired) electrons. The second-order valence-electron chi connectivity index (χ2n) is 6.91. The highest BCUT2D eigenvalue weighted by Gasteiger charge is 2.31. The maximum atomic E-state index is 4.82. The molecule has 1 saturated heterocycles. The highest BCUT2D eigenvalue weighted by Crippen LogP contribution is 2.21. The van der Waals surface area contributed by atoms with Gasteiger partial charge in [0.1, 0.15) is 0 Å². The molecule has 0 bridgehead atoms. The Morgan fingerprint density at radius 2 is 2.12 bits per heavy atom. The molecule has 24 heavy (non-hydrogen) atoms. The van der Waals surface area contributed by atoms with Crippen molar-refractivity contribution in [1.29, 1.82) is 0 Å². The lowest BCUT2D eigenvalue weighted by Crippen LogP contribution is -2.47. The molecule has 6 heteroatoms. The molecule has 3 atom stereocenters. The molecule has 0 amide bonds. The van der Waals surface area contributed by atoms with Gasteiger partial charge in [0.15, 0.2) is 5.96 Å². The molecule has 1 aromatic rings. The fraction of sp³-hybridized carbons (Fsp3) is 0.722. The lowest BCUT2D eigenvalue weighted by atomic mass is 10.1. The molecule has 1 fully saturated rings. The summed E-state index contributed by atoms with van der Waals surface area (Å²) in [5.74, 6) is 2.08. The highest BCUT2D eigenvalue weighted by atomic mass is 127. The van der Waals surface area contributed by atoms with Crippen molar-refractivity contribution in [2.24, 2.45) is 10.9 Å². The SMILES string of the molecule is CCNC(=NCC(C)c1cccs1)NC1CN(C(C)C)CC1C.I. The molecule has 0 aliphatic carbocycles. The van der Waals surface area contributed by atoms with Gasteiger partial charge in [-0.25, -0.2) is 0 Å². The van der Waals surface area contributed by atoms with Crippen molar-refractivity contribution < 1.29 is 0 Å². The Balaban J connectivity index is 0.00000288. The van der Waals surface area contributed by atoms with E-state index in [9.17, 15) is 0 Å². The highest BCUT2D eigenvalue weighted by molar-refractivity contribution is 14.0. The standard InChI is InChI=1S/C18H32N4S.HI/c1-6-19-18(20-10-14(4)17-8-7-9-23-17)21-16-12-22(13(2)3)11-15(16)5;/h7-9,13-16H,6,10-12H2,1-5H3,(H2,19,20,21);1H. The van der Waals surface area contributed by atoms with Gasteiger partial charge >= 0.3 is 0 Å². The van der Waals surface area contributed by atoms with Gasteiger partial charge in [0.2, 0.25) is 0 Å². The first-order valence-corrected chi connectivity index (χ1v) is 9.71. The van der Waals surface area contributed by atoms with E-state index in [0.717, 1.165) is 25.6 Å². The summed E-state index contributed by atoms with van der Waals surface area (Å²) in [6.45, 7) is 15.2. The van der Waals surface area contributed by atoms with Gasteiger partial charge in [-0.1, -0.05) is 19.9 Å². The molecule has 2 rings (SSSR count). The summed E-state index contributed by atoms with van der Waals surface area (Å²) < 4.78 is 0. The van der Waals surface area contributed by atoms with Gasteiger partial charge in [0, 0.05) is 42.5 Å². The van der Waals surface area contributed by atoms with Crippen LogP contribution in [0.5, 0.6) is 0 Å². The van der Waals surface area contributed by atoms with E-state index < -0.39 is 0 Å². The molecule has 138 valence electrons. The van der Waals surface area contributed by atoms with Gasteiger partial charge in [-0.2, -0.15) is 0 Å². The third kappa shape index (κ3) is 6.19. The van der Waals surface area contributed by atoms with Crippen molar-refractivity contribution in [2.75, 3.05) is 26.2 Å². The summed E-state index contributed by atoms with van der Waals surface area (Å²) in [5.41, 5.74) is 0. The zero-order valence-electron chi connectivity index (χ0n) is 15.6. The van der Waals surface area contributed by atoms with Crippen LogP contribution in [0.4, 0.5) is 0 Å². The van der Waals surface area contributed by atoms with Gasteiger partial charge in [-0.15, -0.1) is 35.3 Å². The third-order valence-corrected chi connectivity index (χ3v) is 5.69. The Bertz CT molecular complexity index is 489. The number of aliphatic imine (C=N–C) groups is 1. The zero-order valence-corrected chi connectivity index (χ0v) is 18.7. The van der Waals surface area contributed by atoms with Crippen molar-refractivity contribution in [3.63, 3.8) is 0 Å². The molecular weight excluding hydrogens is 431 g/mol. The van der Waals surface area contributed by atoms with Crippen LogP contribution in [0.1, 0.15) is 45.4 Å². The van der Waals surface area contributed by atoms with Crippen molar-refractivity contribution in [3.8, 4) is 0 Å². The molecule has 1 aromatic heterocycles. The van der Waals surface area contributed by atoms with Crippen molar-refractivity contribution in [3.05, 3.63) is 22.4 Å². The van der Waals surface area contributed by atoms with Crippen LogP contribution in [0.15, 0.2) is 22.5 Å². The molecule has 0 saturated carbocycles. The van der Waals surface area contributed by atoms with Crippen LogP contribution in [0.25, 0.3) is 0 Å². The Morgan fingerprint density at radius 3 is 2.67 bits per heavy atom. The van der Waals surface area contributed by atoms with Crippen LogP contribution >= 0.6 is 35.3 Å². The Hall–Kier alpha value is -0.340. The van der Waals surface area contributed by atoms with Crippen LogP contribution in [0.3, 0.4) is 0 Å². The number of thiophene rings is 1. The topological polar surface area (TPSA) is 39.7 Å². The summed E-state index contributed by atoms with van der Waals surface area (Å²) in [6, 6.07) is 5.41. The van der Waals surface area contributed by atoms with Crippen molar-refractivity contribution >= 4 is 41.3 Å². The molecule has 0 aromatic carbocycles. The zero-order chi connectivity index (χ0) is 16.8. The first-order chi connectivity index (χ1) is 11.0. The van der Waals surface area contributed by atoms with Crippen LogP contribution in [0, 0.1) is 5.92 Å². The number of rotatable bonds is 6. The summed E-state index contributed by atoms with van der Waals surface area (Å²) in [7, 11) is 0. The fourth-order valence-corrected chi connectivity index (χ4v) is 3.78. The Morgan fingerprint density at radius 1 is 1.38 bits per heavy atom. The van der Waals surface area contributed by atoms with Crippen molar-refractivity contribution in [2.45, 2.75) is 52.6 Å². The Labute approximate surface area is 168 Å². The first-order valence-electron chi connectivity index (χ1n) is 8.83. The minimum Gasteiger partial charge on any atom is -0.357 e. The molecule has 0 spiro atoms. The van der Waals surface area contributed by atoms with E-state index in [1.54, 1.807) is 0 Å². The van der Waals surface area contributed by atoms with E-state index in [4.69, 9.17) is 4.99 Å².